The Morgan fingerprint density at radius 3 is 2.56 bits per heavy atom. The molecule has 0 radical (unpaired) electrons. The minimum Gasteiger partial charge on any atom is -0.493 e. The van der Waals surface area contributed by atoms with Crippen molar-refractivity contribution in [2.24, 2.45) is 0 Å². The van der Waals surface area contributed by atoms with Crippen molar-refractivity contribution in [1.29, 1.82) is 0 Å². The molecular weight excluding hydrogens is 465 g/mol. The normalized spacial score (nSPS) is 15.3. The second-order valence-corrected chi connectivity index (χ2v) is 8.21. The summed E-state index contributed by atoms with van der Waals surface area (Å²) in [6.07, 6.45) is -2.95. The molecule has 6 nitrogen and oxygen atoms in total. The average Bonchev–Trinajstić information content (AvgIpc) is 2.98. The number of hydrogen-bond donors (Lipinski definition) is 1. The highest BCUT2D eigenvalue weighted by Gasteiger charge is 2.33. The smallest absolute Gasteiger partial charge is 0.418 e. The van der Waals surface area contributed by atoms with Gasteiger partial charge in [0.2, 0.25) is 0 Å². The number of nitrogens with zero attached hydrogens (tertiary/aromatic N) is 1. The lowest BCUT2D eigenvalue weighted by atomic mass is 10.1. The van der Waals surface area contributed by atoms with E-state index in [0.29, 0.717) is 14.8 Å². The molecule has 1 fully saturated rings. The van der Waals surface area contributed by atoms with Crippen molar-refractivity contribution in [3.63, 3.8) is 0 Å². The van der Waals surface area contributed by atoms with Gasteiger partial charge in [-0.15, -0.1) is 0 Å². The first-order valence-electron chi connectivity index (χ1n) is 9.08. The van der Waals surface area contributed by atoms with Gasteiger partial charge in [-0.3, -0.25) is 14.5 Å². The van der Waals surface area contributed by atoms with Crippen LogP contribution in [0.2, 0.25) is 0 Å². The standard InChI is InChI=1S/C21H17F3N2O4S2/c1-26-19(28)17(32-20(26)31)10-12-7-8-15(16(9-12)29-2)30-11-18(27)25-14-6-4-3-5-13(14)21(22,23)24/h3-10H,11H2,1-2H3,(H,25,27)/b17-10-. The summed E-state index contributed by atoms with van der Waals surface area (Å²) in [7, 11) is 2.99. The first kappa shape index (κ1) is 23.6. The largest absolute Gasteiger partial charge is 0.493 e. The van der Waals surface area contributed by atoms with Crippen molar-refractivity contribution >= 4 is 51.9 Å². The van der Waals surface area contributed by atoms with Gasteiger partial charge in [0.05, 0.1) is 23.3 Å². The molecule has 1 saturated heterocycles. The predicted molar refractivity (Wildman–Crippen MR) is 119 cm³/mol. The molecule has 0 bridgehead atoms. The number of alkyl halides is 3. The Balaban J connectivity index is 1.69. The zero-order valence-electron chi connectivity index (χ0n) is 16.9. The summed E-state index contributed by atoms with van der Waals surface area (Å²) in [6.45, 7) is -0.531. The topological polar surface area (TPSA) is 67.9 Å². The van der Waals surface area contributed by atoms with E-state index in [9.17, 15) is 22.8 Å². The first-order chi connectivity index (χ1) is 15.1. The van der Waals surface area contributed by atoms with Crippen LogP contribution in [0.4, 0.5) is 18.9 Å². The number of methoxy groups -OCH3 is 1. The lowest BCUT2D eigenvalue weighted by molar-refractivity contribution is -0.137. The number of benzene rings is 2. The molecule has 0 spiro atoms. The molecule has 0 atom stereocenters. The lowest BCUT2D eigenvalue weighted by Crippen LogP contribution is -2.22. The summed E-state index contributed by atoms with van der Waals surface area (Å²) in [5.74, 6) is -0.476. The Kier molecular flexibility index (Phi) is 7.09. The van der Waals surface area contributed by atoms with Crippen LogP contribution in [0.3, 0.4) is 0 Å². The number of thioether (sulfide) groups is 1. The molecule has 2 aromatic carbocycles. The van der Waals surface area contributed by atoms with Crippen molar-refractivity contribution in [1.82, 2.24) is 4.90 Å². The van der Waals surface area contributed by atoms with Crippen LogP contribution in [0.1, 0.15) is 11.1 Å². The van der Waals surface area contributed by atoms with Crippen molar-refractivity contribution in [2.75, 3.05) is 26.1 Å². The van der Waals surface area contributed by atoms with Gasteiger partial charge in [-0.1, -0.05) is 42.2 Å². The van der Waals surface area contributed by atoms with Crippen LogP contribution in [0.15, 0.2) is 47.4 Å². The van der Waals surface area contributed by atoms with Crippen LogP contribution in [0.5, 0.6) is 11.5 Å². The number of rotatable bonds is 6. The molecule has 2 amide bonds. The molecular formula is C21H17F3N2O4S2. The fourth-order valence-corrected chi connectivity index (χ4v) is 3.94. The number of carbonyl (C=O) groups excluding carboxylic acids is 2. The molecule has 0 aliphatic carbocycles. The van der Waals surface area contributed by atoms with Gasteiger partial charge in [0.1, 0.15) is 4.32 Å². The maximum absolute atomic E-state index is 13.1. The highest BCUT2D eigenvalue weighted by atomic mass is 32.2. The first-order valence-corrected chi connectivity index (χ1v) is 10.3. The summed E-state index contributed by atoms with van der Waals surface area (Å²) in [6, 6.07) is 9.46. The third-order valence-corrected chi connectivity index (χ3v) is 5.82. The quantitative estimate of drug-likeness (QED) is 0.481. The van der Waals surface area contributed by atoms with Gasteiger partial charge >= 0.3 is 6.18 Å². The number of ether oxygens (including phenoxy) is 2. The number of nitrogens with one attached hydrogen (secondary N) is 1. The molecule has 1 heterocycles. The monoisotopic (exact) mass is 482 g/mol. The van der Waals surface area contributed by atoms with Crippen molar-refractivity contribution in [3.05, 3.63) is 58.5 Å². The Morgan fingerprint density at radius 1 is 1.22 bits per heavy atom. The van der Waals surface area contributed by atoms with Gasteiger partial charge in [0.25, 0.3) is 11.8 Å². The molecule has 3 rings (SSSR count). The summed E-state index contributed by atoms with van der Waals surface area (Å²) in [5, 5.41) is 2.21. The number of likely N-dealkylation sites (N-methyl/N-ethyl adjacent to an activating group) is 1. The van der Waals surface area contributed by atoms with Crippen LogP contribution in [-0.4, -0.2) is 41.8 Å². The third-order valence-electron chi connectivity index (χ3n) is 4.34. The fourth-order valence-electron chi connectivity index (χ4n) is 2.76. The SMILES string of the molecule is COc1cc(/C=C2\SC(=S)N(C)C2=O)ccc1OCC(=O)Nc1ccccc1C(F)(F)F. The Bertz CT molecular complexity index is 1100. The second kappa shape index (κ2) is 9.61. The second-order valence-electron chi connectivity index (χ2n) is 6.53. The maximum atomic E-state index is 13.1. The minimum atomic E-state index is -4.60. The van der Waals surface area contributed by atoms with E-state index in [4.69, 9.17) is 21.7 Å². The molecule has 0 unspecified atom stereocenters. The number of anilines is 1. The summed E-state index contributed by atoms with van der Waals surface area (Å²) >= 11 is 6.27. The number of amides is 2. The van der Waals surface area contributed by atoms with Crippen LogP contribution in [0, 0.1) is 0 Å². The number of thiocarbonyl (C=S) groups is 1. The third kappa shape index (κ3) is 5.40. The van der Waals surface area contributed by atoms with Gasteiger partial charge in [0, 0.05) is 7.05 Å². The maximum Gasteiger partial charge on any atom is 0.418 e. The van der Waals surface area contributed by atoms with E-state index < -0.39 is 24.3 Å². The van der Waals surface area contributed by atoms with Gasteiger partial charge < -0.3 is 14.8 Å². The van der Waals surface area contributed by atoms with Crippen LogP contribution >= 0.6 is 24.0 Å². The van der Waals surface area contributed by atoms with E-state index in [1.807, 2.05) is 0 Å². The van der Waals surface area contributed by atoms with Gasteiger partial charge in [-0.05, 0) is 35.9 Å². The van der Waals surface area contributed by atoms with Crippen LogP contribution < -0.4 is 14.8 Å². The van der Waals surface area contributed by atoms with Crippen LogP contribution in [-0.2, 0) is 15.8 Å². The van der Waals surface area contributed by atoms with E-state index >= 15 is 0 Å². The zero-order valence-corrected chi connectivity index (χ0v) is 18.5. The van der Waals surface area contributed by atoms with Gasteiger partial charge in [-0.25, -0.2) is 0 Å². The van der Waals surface area contributed by atoms with Crippen molar-refractivity contribution in [3.8, 4) is 11.5 Å². The van der Waals surface area contributed by atoms with E-state index in [1.54, 1.807) is 25.3 Å². The van der Waals surface area contributed by atoms with E-state index in [-0.39, 0.29) is 23.1 Å². The summed E-state index contributed by atoms with van der Waals surface area (Å²) < 4.78 is 50.3. The van der Waals surface area contributed by atoms with Crippen LogP contribution in [0.25, 0.3) is 6.08 Å². The highest BCUT2D eigenvalue weighted by molar-refractivity contribution is 8.26. The molecule has 11 heteroatoms. The molecule has 32 heavy (non-hydrogen) atoms. The lowest BCUT2D eigenvalue weighted by Gasteiger charge is -2.14. The Hall–Kier alpha value is -3.05. The summed E-state index contributed by atoms with van der Waals surface area (Å²) in [4.78, 5) is 26.1. The Morgan fingerprint density at radius 2 is 1.94 bits per heavy atom. The molecule has 1 aliphatic rings. The minimum absolute atomic E-state index is 0.213. The van der Waals surface area contributed by atoms with Gasteiger partial charge in [-0.2, -0.15) is 13.2 Å². The predicted octanol–water partition coefficient (Wildman–Crippen LogP) is 4.56. The molecule has 2 aromatic rings. The fraction of sp³-hybridized carbons (Fsp3) is 0.190. The van der Waals surface area contributed by atoms with Crippen molar-refractivity contribution < 1.29 is 32.2 Å². The number of halogens is 3. The molecule has 1 N–H and O–H groups in total. The molecule has 1 aliphatic heterocycles. The molecule has 168 valence electrons. The highest BCUT2D eigenvalue weighted by Crippen LogP contribution is 2.35. The number of para-hydroxylation sites is 1. The van der Waals surface area contributed by atoms with Gasteiger partial charge in [0.15, 0.2) is 18.1 Å². The summed E-state index contributed by atoms with van der Waals surface area (Å²) in [5.41, 5.74) is -0.663. The zero-order chi connectivity index (χ0) is 23.5. The Labute approximate surface area is 191 Å². The molecule has 0 saturated carbocycles. The number of carbonyl (C=O) groups is 2. The van der Waals surface area contributed by atoms with Crippen molar-refractivity contribution in [2.45, 2.75) is 6.18 Å². The average molecular weight is 483 g/mol. The molecule has 0 aromatic heterocycles. The van der Waals surface area contributed by atoms with E-state index in [1.165, 1.54) is 42.0 Å². The van der Waals surface area contributed by atoms with E-state index in [0.717, 1.165) is 12.1 Å². The van der Waals surface area contributed by atoms with E-state index in [2.05, 4.69) is 5.32 Å². The number of hydrogen-bond acceptors (Lipinski definition) is 6.